The molecule has 0 aromatic heterocycles. The number of nitrogens with zero attached hydrogens (tertiary/aromatic N) is 1. The molecule has 0 amide bonds. The second-order valence-electron chi connectivity index (χ2n) is 6.01. The van der Waals surface area contributed by atoms with E-state index >= 15 is 0 Å². The highest BCUT2D eigenvalue weighted by Gasteiger charge is 2.03. The Morgan fingerprint density at radius 3 is 2.52 bits per heavy atom. The van der Waals surface area contributed by atoms with Crippen LogP contribution in [0.5, 0.6) is 5.75 Å². The summed E-state index contributed by atoms with van der Waals surface area (Å²) in [4.78, 5) is 4.58. The predicted octanol–water partition coefficient (Wildman–Crippen LogP) is 6.29. The van der Waals surface area contributed by atoms with Crippen LogP contribution in [0.2, 0.25) is 5.02 Å². The molecule has 0 radical (unpaired) electrons. The van der Waals surface area contributed by atoms with Gasteiger partial charge in [-0.05, 0) is 60.4 Å². The van der Waals surface area contributed by atoms with Crippen molar-refractivity contribution in [1.29, 1.82) is 0 Å². The molecule has 3 aromatic carbocycles. The first kappa shape index (κ1) is 17.2. The van der Waals surface area contributed by atoms with Gasteiger partial charge in [0.2, 0.25) is 0 Å². The van der Waals surface area contributed by atoms with Crippen molar-refractivity contribution in [3.05, 3.63) is 94.0 Å². The molecule has 0 spiro atoms. The van der Waals surface area contributed by atoms with Gasteiger partial charge in [0.25, 0.3) is 0 Å². The van der Waals surface area contributed by atoms with E-state index in [9.17, 15) is 0 Å². The van der Waals surface area contributed by atoms with Gasteiger partial charge in [0.15, 0.2) is 0 Å². The fourth-order valence-corrected chi connectivity index (χ4v) is 2.70. The van der Waals surface area contributed by atoms with Gasteiger partial charge < -0.3 is 4.74 Å². The summed E-state index contributed by atoms with van der Waals surface area (Å²) in [7, 11) is 0. The third kappa shape index (κ3) is 4.71. The maximum atomic E-state index is 6.35. The Kier molecular flexibility index (Phi) is 5.52. The number of benzene rings is 3. The van der Waals surface area contributed by atoms with Gasteiger partial charge in [0.05, 0.1) is 10.7 Å². The molecule has 0 aliphatic carbocycles. The number of aryl methyl sites for hydroxylation is 2. The Morgan fingerprint density at radius 2 is 1.76 bits per heavy atom. The molecular weight excluding hydrogens is 330 g/mol. The van der Waals surface area contributed by atoms with Crippen molar-refractivity contribution < 1.29 is 4.74 Å². The largest absolute Gasteiger partial charge is 0.487 e. The first-order valence-corrected chi connectivity index (χ1v) is 8.57. The van der Waals surface area contributed by atoms with Crippen molar-refractivity contribution in [2.45, 2.75) is 20.5 Å². The van der Waals surface area contributed by atoms with Crippen LogP contribution in [0.4, 0.5) is 5.69 Å². The van der Waals surface area contributed by atoms with Crippen LogP contribution >= 0.6 is 11.6 Å². The molecule has 3 rings (SSSR count). The van der Waals surface area contributed by atoms with Crippen molar-refractivity contribution in [3.63, 3.8) is 0 Å². The molecule has 0 aliphatic heterocycles. The lowest BCUT2D eigenvalue weighted by Crippen LogP contribution is -1.96. The highest BCUT2D eigenvalue weighted by Crippen LogP contribution is 2.26. The van der Waals surface area contributed by atoms with Crippen LogP contribution < -0.4 is 4.74 Å². The molecule has 0 N–H and O–H groups in total. The van der Waals surface area contributed by atoms with E-state index in [2.05, 4.69) is 37.0 Å². The quantitative estimate of drug-likeness (QED) is 0.496. The van der Waals surface area contributed by atoms with Crippen molar-refractivity contribution >= 4 is 23.5 Å². The first-order valence-electron chi connectivity index (χ1n) is 8.19. The second-order valence-corrected chi connectivity index (χ2v) is 6.42. The monoisotopic (exact) mass is 349 g/mol. The SMILES string of the molecule is Cc1ccc(C)c(N=Cc2ccc(OCc3ccccc3)c(Cl)c2)c1. The average molecular weight is 350 g/mol. The lowest BCUT2D eigenvalue weighted by molar-refractivity contribution is 0.306. The molecule has 0 bridgehead atoms. The molecular formula is C22H20ClNO. The molecule has 0 aliphatic rings. The lowest BCUT2D eigenvalue weighted by Gasteiger charge is -2.08. The van der Waals surface area contributed by atoms with E-state index in [1.807, 2.05) is 54.7 Å². The van der Waals surface area contributed by atoms with Crippen LogP contribution in [0.3, 0.4) is 0 Å². The third-order valence-corrected chi connectivity index (χ3v) is 4.21. The maximum absolute atomic E-state index is 6.35. The number of rotatable bonds is 5. The second kappa shape index (κ2) is 8.00. The molecule has 126 valence electrons. The van der Waals surface area contributed by atoms with Gasteiger partial charge in [-0.15, -0.1) is 0 Å². The Labute approximate surface area is 153 Å². The molecule has 0 saturated carbocycles. The number of halogens is 1. The Hall–Kier alpha value is -2.58. The minimum atomic E-state index is 0.497. The normalized spacial score (nSPS) is 11.0. The summed E-state index contributed by atoms with van der Waals surface area (Å²) in [6.07, 6.45) is 1.83. The molecule has 3 aromatic rings. The molecule has 3 heteroatoms. The Morgan fingerprint density at radius 1 is 0.960 bits per heavy atom. The predicted molar refractivity (Wildman–Crippen MR) is 105 cm³/mol. The number of hydrogen-bond donors (Lipinski definition) is 0. The summed E-state index contributed by atoms with van der Waals surface area (Å²) >= 11 is 6.35. The lowest BCUT2D eigenvalue weighted by atomic mass is 10.1. The van der Waals surface area contributed by atoms with Crippen LogP contribution in [0.1, 0.15) is 22.3 Å². The molecule has 2 nitrogen and oxygen atoms in total. The Bertz CT molecular complexity index is 888. The van der Waals surface area contributed by atoms with Crippen LogP contribution in [-0.2, 0) is 6.61 Å². The summed E-state index contributed by atoms with van der Waals surface area (Å²) in [5, 5.41) is 0.584. The van der Waals surface area contributed by atoms with E-state index in [-0.39, 0.29) is 0 Å². The van der Waals surface area contributed by atoms with Gasteiger partial charge in [-0.25, -0.2) is 0 Å². The topological polar surface area (TPSA) is 21.6 Å². The molecule has 0 atom stereocenters. The molecule has 25 heavy (non-hydrogen) atoms. The first-order chi connectivity index (χ1) is 12.1. The molecule has 0 saturated heterocycles. The zero-order chi connectivity index (χ0) is 17.6. The molecule has 0 heterocycles. The number of hydrogen-bond acceptors (Lipinski definition) is 2. The van der Waals surface area contributed by atoms with Crippen molar-refractivity contribution in [2.75, 3.05) is 0 Å². The highest BCUT2D eigenvalue weighted by atomic mass is 35.5. The maximum Gasteiger partial charge on any atom is 0.138 e. The van der Waals surface area contributed by atoms with E-state index in [4.69, 9.17) is 16.3 Å². The van der Waals surface area contributed by atoms with Crippen molar-refractivity contribution in [1.82, 2.24) is 0 Å². The van der Waals surface area contributed by atoms with Gasteiger partial charge in [-0.3, -0.25) is 4.99 Å². The van der Waals surface area contributed by atoms with E-state index in [0.717, 1.165) is 22.4 Å². The number of aliphatic imine (C=N–C) groups is 1. The van der Waals surface area contributed by atoms with Gasteiger partial charge in [0, 0.05) is 6.21 Å². The zero-order valence-corrected chi connectivity index (χ0v) is 15.1. The zero-order valence-electron chi connectivity index (χ0n) is 14.4. The van der Waals surface area contributed by atoms with Crippen LogP contribution in [0.25, 0.3) is 0 Å². The molecule has 0 fully saturated rings. The average Bonchev–Trinajstić information content (AvgIpc) is 2.62. The minimum Gasteiger partial charge on any atom is -0.487 e. The fourth-order valence-electron chi connectivity index (χ4n) is 2.45. The van der Waals surface area contributed by atoms with E-state index in [1.54, 1.807) is 0 Å². The Balaban J connectivity index is 1.71. The summed E-state index contributed by atoms with van der Waals surface area (Å²) in [6, 6.07) is 22.0. The van der Waals surface area contributed by atoms with Gasteiger partial charge in [0.1, 0.15) is 12.4 Å². The smallest absolute Gasteiger partial charge is 0.138 e. The third-order valence-electron chi connectivity index (χ3n) is 3.91. The van der Waals surface area contributed by atoms with Gasteiger partial charge in [-0.1, -0.05) is 54.1 Å². The fraction of sp³-hybridized carbons (Fsp3) is 0.136. The van der Waals surface area contributed by atoms with Crippen LogP contribution in [-0.4, -0.2) is 6.21 Å². The minimum absolute atomic E-state index is 0.497. The van der Waals surface area contributed by atoms with Crippen LogP contribution in [0, 0.1) is 13.8 Å². The van der Waals surface area contributed by atoms with E-state index in [0.29, 0.717) is 17.4 Å². The standard InChI is InChI=1S/C22H20ClNO/c1-16-8-9-17(2)21(12-16)24-14-19-10-11-22(20(23)13-19)25-15-18-6-4-3-5-7-18/h3-14H,15H2,1-2H3. The highest BCUT2D eigenvalue weighted by molar-refractivity contribution is 6.32. The van der Waals surface area contributed by atoms with E-state index < -0.39 is 0 Å². The number of ether oxygens (including phenoxy) is 1. The summed E-state index contributed by atoms with van der Waals surface area (Å²) < 4.78 is 5.80. The van der Waals surface area contributed by atoms with Crippen molar-refractivity contribution in [3.8, 4) is 5.75 Å². The summed E-state index contributed by atoms with van der Waals surface area (Å²) in [6.45, 7) is 4.62. The van der Waals surface area contributed by atoms with Crippen molar-refractivity contribution in [2.24, 2.45) is 4.99 Å². The molecule has 0 unspecified atom stereocenters. The summed E-state index contributed by atoms with van der Waals surface area (Å²) in [5.74, 6) is 0.675. The summed E-state index contributed by atoms with van der Waals surface area (Å²) in [5.41, 5.74) is 5.37. The van der Waals surface area contributed by atoms with Crippen LogP contribution in [0.15, 0.2) is 71.7 Å². The van der Waals surface area contributed by atoms with Gasteiger partial charge in [-0.2, -0.15) is 0 Å². The van der Waals surface area contributed by atoms with E-state index in [1.165, 1.54) is 5.56 Å². The van der Waals surface area contributed by atoms with Gasteiger partial charge >= 0.3 is 0 Å².